The maximum absolute atomic E-state index is 11.8. The van der Waals surface area contributed by atoms with Crippen LogP contribution in [-0.2, 0) is 0 Å². The second-order valence-electron chi connectivity index (χ2n) is 4.49. The SMILES string of the molecule is Cc1c(C#N)c2nnc(C)n2c2oc(=O)c(C(=O)O)cc12. The maximum Gasteiger partial charge on any atom is 0.352 e. The first-order valence-electron chi connectivity index (χ1n) is 5.91. The Balaban J connectivity index is 2.67. The van der Waals surface area contributed by atoms with E-state index in [9.17, 15) is 14.9 Å². The van der Waals surface area contributed by atoms with E-state index in [1.54, 1.807) is 13.8 Å². The Morgan fingerprint density at radius 2 is 2.14 bits per heavy atom. The van der Waals surface area contributed by atoms with E-state index in [2.05, 4.69) is 10.2 Å². The molecule has 3 heterocycles. The third-order valence-corrected chi connectivity index (χ3v) is 3.30. The molecule has 0 saturated heterocycles. The molecular weight excluding hydrogens is 276 g/mol. The highest BCUT2D eigenvalue weighted by atomic mass is 16.4. The molecule has 8 heteroatoms. The Kier molecular flexibility index (Phi) is 2.53. The molecule has 0 amide bonds. The van der Waals surface area contributed by atoms with Crippen molar-refractivity contribution in [2.75, 3.05) is 0 Å². The Labute approximate surface area is 116 Å². The number of aromatic nitrogens is 3. The van der Waals surface area contributed by atoms with Crippen molar-refractivity contribution in [3.63, 3.8) is 0 Å². The van der Waals surface area contributed by atoms with E-state index in [4.69, 9.17) is 9.52 Å². The zero-order valence-corrected chi connectivity index (χ0v) is 11.0. The lowest BCUT2D eigenvalue weighted by Gasteiger charge is -2.07. The number of aromatic carboxylic acids is 1. The van der Waals surface area contributed by atoms with Crippen molar-refractivity contribution in [2.45, 2.75) is 13.8 Å². The molecular formula is C13H8N4O4. The summed E-state index contributed by atoms with van der Waals surface area (Å²) in [5.74, 6) is -0.957. The fraction of sp³-hybridized carbons (Fsp3) is 0.154. The van der Waals surface area contributed by atoms with E-state index in [1.807, 2.05) is 6.07 Å². The van der Waals surface area contributed by atoms with Gasteiger partial charge in [-0.3, -0.25) is 0 Å². The van der Waals surface area contributed by atoms with Crippen LogP contribution >= 0.6 is 0 Å². The van der Waals surface area contributed by atoms with Gasteiger partial charge in [0, 0.05) is 5.39 Å². The minimum atomic E-state index is -1.39. The van der Waals surface area contributed by atoms with E-state index in [0.29, 0.717) is 16.8 Å². The van der Waals surface area contributed by atoms with Crippen LogP contribution in [0, 0.1) is 25.2 Å². The summed E-state index contributed by atoms with van der Waals surface area (Å²) in [6, 6.07) is 3.22. The summed E-state index contributed by atoms with van der Waals surface area (Å²) < 4.78 is 6.55. The fourth-order valence-corrected chi connectivity index (χ4v) is 2.25. The van der Waals surface area contributed by atoms with Gasteiger partial charge in [-0.2, -0.15) is 5.26 Å². The van der Waals surface area contributed by atoms with Crippen LogP contribution in [0.5, 0.6) is 0 Å². The minimum Gasteiger partial charge on any atom is -0.477 e. The molecule has 8 nitrogen and oxygen atoms in total. The van der Waals surface area contributed by atoms with Crippen LogP contribution in [0.3, 0.4) is 0 Å². The Bertz CT molecular complexity index is 1020. The molecule has 0 aliphatic carbocycles. The normalized spacial score (nSPS) is 10.9. The Hall–Kier alpha value is -3.21. The second-order valence-corrected chi connectivity index (χ2v) is 4.49. The number of hydrogen-bond donors (Lipinski definition) is 1. The van der Waals surface area contributed by atoms with Crippen LogP contribution in [0.1, 0.15) is 27.3 Å². The van der Waals surface area contributed by atoms with Gasteiger partial charge in [0.1, 0.15) is 23.0 Å². The van der Waals surface area contributed by atoms with Crippen LogP contribution in [-0.4, -0.2) is 25.7 Å². The molecule has 0 spiro atoms. The van der Waals surface area contributed by atoms with Crippen LogP contribution in [0.2, 0.25) is 0 Å². The molecule has 0 aliphatic rings. The number of carboxylic acids is 1. The smallest absolute Gasteiger partial charge is 0.352 e. The number of aryl methyl sites for hydroxylation is 2. The molecule has 0 aromatic carbocycles. The van der Waals surface area contributed by atoms with Crippen molar-refractivity contribution in [1.29, 1.82) is 5.26 Å². The van der Waals surface area contributed by atoms with Crippen LogP contribution in [0.25, 0.3) is 16.7 Å². The van der Waals surface area contributed by atoms with Gasteiger partial charge in [-0.1, -0.05) is 0 Å². The number of nitrogens with zero attached hydrogens (tertiary/aromatic N) is 4. The lowest BCUT2D eigenvalue weighted by atomic mass is 10.1. The molecule has 3 aromatic rings. The zero-order valence-electron chi connectivity index (χ0n) is 11.0. The topological polar surface area (TPSA) is 121 Å². The summed E-state index contributed by atoms with van der Waals surface area (Å²) in [4.78, 5) is 22.8. The number of nitriles is 1. The highest BCUT2D eigenvalue weighted by Gasteiger charge is 2.20. The first kappa shape index (κ1) is 12.8. The van der Waals surface area contributed by atoms with Crippen LogP contribution in [0.4, 0.5) is 0 Å². The Morgan fingerprint density at radius 1 is 1.43 bits per heavy atom. The molecule has 0 atom stereocenters. The standard InChI is InChI=1S/C13H8N4O4/c1-5-7-3-8(12(18)19)13(20)21-11(7)17-6(2)15-16-10(17)9(5)4-14/h3H,1-2H3,(H,18,19). The predicted molar refractivity (Wildman–Crippen MR) is 70.2 cm³/mol. The quantitative estimate of drug-likeness (QED) is 0.707. The summed E-state index contributed by atoms with van der Waals surface area (Å²) in [7, 11) is 0. The van der Waals surface area contributed by atoms with Gasteiger partial charge >= 0.3 is 11.6 Å². The average Bonchev–Trinajstić information content (AvgIpc) is 2.80. The van der Waals surface area contributed by atoms with Crippen molar-refractivity contribution in [2.24, 2.45) is 0 Å². The second kappa shape index (κ2) is 4.14. The maximum atomic E-state index is 11.8. The summed E-state index contributed by atoms with van der Waals surface area (Å²) >= 11 is 0. The molecule has 0 saturated carbocycles. The first-order chi connectivity index (χ1) is 9.95. The van der Waals surface area contributed by atoms with Gasteiger partial charge in [-0.25, -0.2) is 14.0 Å². The molecule has 21 heavy (non-hydrogen) atoms. The van der Waals surface area contributed by atoms with E-state index < -0.39 is 17.2 Å². The number of rotatable bonds is 1. The van der Waals surface area contributed by atoms with Gasteiger partial charge in [-0.15, -0.1) is 10.2 Å². The monoisotopic (exact) mass is 284 g/mol. The summed E-state index contributed by atoms with van der Waals surface area (Å²) in [6.07, 6.45) is 0. The van der Waals surface area contributed by atoms with Crippen molar-refractivity contribution in [3.05, 3.63) is 39.0 Å². The molecule has 0 aliphatic heterocycles. The highest BCUT2D eigenvalue weighted by Crippen LogP contribution is 2.25. The third-order valence-electron chi connectivity index (χ3n) is 3.30. The molecule has 0 unspecified atom stereocenters. The summed E-state index contributed by atoms with van der Waals surface area (Å²) in [5, 5.41) is 26.4. The Morgan fingerprint density at radius 3 is 2.76 bits per heavy atom. The number of pyridine rings is 1. The molecule has 3 aromatic heterocycles. The lowest BCUT2D eigenvalue weighted by Crippen LogP contribution is -2.14. The fourth-order valence-electron chi connectivity index (χ4n) is 2.25. The van der Waals surface area contributed by atoms with E-state index in [0.717, 1.165) is 0 Å². The molecule has 0 fully saturated rings. The summed E-state index contributed by atoms with van der Waals surface area (Å²) in [6.45, 7) is 3.28. The average molecular weight is 284 g/mol. The van der Waals surface area contributed by atoms with Gasteiger partial charge in [0.05, 0.1) is 0 Å². The van der Waals surface area contributed by atoms with Crippen molar-refractivity contribution in [3.8, 4) is 6.07 Å². The van der Waals surface area contributed by atoms with Crippen molar-refractivity contribution >= 4 is 22.7 Å². The number of hydrogen-bond acceptors (Lipinski definition) is 6. The first-order valence-corrected chi connectivity index (χ1v) is 5.91. The number of carboxylic acid groups (broad SMARTS) is 1. The van der Waals surface area contributed by atoms with Gasteiger partial charge in [0.25, 0.3) is 0 Å². The summed E-state index contributed by atoms with van der Waals surface area (Å²) in [5.41, 5.74) is -0.315. The molecule has 1 N–H and O–H groups in total. The number of fused-ring (bicyclic) bond motifs is 3. The van der Waals surface area contributed by atoms with Crippen LogP contribution in [0.15, 0.2) is 15.3 Å². The largest absolute Gasteiger partial charge is 0.477 e. The van der Waals surface area contributed by atoms with Crippen molar-refractivity contribution < 1.29 is 14.3 Å². The predicted octanol–water partition coefficient (Wildman–Crippen LogP) is 1.02. The van der Waals surface area contributed by atoms with E-state index in [1.165, 1.54) is 10.5 Å². The van der Waals surface area contributed by atoms with Gasteiger partial charge in [0.2, 0.25) is 5.71 Å². The molecule has 0 bridgehead atoms. The number of carbonyl (C=O) groups is 1. The third kappa shape index (κ3) is 1.61. The van der Waals surface area contributed by atoms with Gasteiger partial charge in [-0.05, 0) is 25.5 Å². The molecule has 104 valence electrons. The van der Waals surface area contributed by atoms with Gasteiger partial charge < -0.3 is 9.52 Å². The van der Waals surface area contributed by atoms with E-state index in [-0.39, 0.29) is 16.9 Å². The van der Waals surface area contributed by atoms with Crippen LogP contribution < -0.4 is 5.63 Å². The zero-order chi connectivity index (χ0) is 15.3. The molecule has 3 rings (SSSR count). The van der Waals surface area contributed by atoms with Crippen molar-refractivity contribution in [1.82, 2.24) is 14.6 Å². The van der Waals surface area contributed by atoms with E-state index >= 15 is 0 Å². The minimum absolute atomic E-state index is 0.124. The molecule has 0 radical (unpaired) electrons. The highest BCUT2D eigenvalue weighted by molar-refractivity contribution is 5.93. The van der Waals surface area contributed by atoms with Gasteiger partial charge in [0.15, 0.2) is 5.65 Å². The lowest BCUT2D eigenvalue weighted by molar-refractivity contribution is 0.0692.